The molecule has 0 spiro atoms. The number of halogens is 2. The molecule has 1 aromatic carbocycles. The minimum Gasteiger partial charge on any atom is -0.393 e. The quantitative estimate of drug-likeness (QED) is 0.704. The fraction of sp³-hybridized carbons (Fsp3) is 0.571. The average molecular weight is 275 g/mol. The Morgan fingerprint density at radius 3 is 2.35 bits per heavy atom. The molecule has 0 aliphatic rings. The van der Waals surface area contributed by atoms with Gasteiger partial charge in [0.2, 0.25) is 0 Å². The molecule has 1 unspecified atom stereocenters. The van der Waals surface area contributed by atoms with E-state index in [-0.39, 0.29) is 6.10 Å². The van der Waals surface area contributed by atoms with Crippen LogP contribution in [0.1, 0.15) is 44.6 Å². The monoisotopic (exact) mass is 274 g/mol. The van der Waals surface area contributed by atoms with E-state index in [1.807, 2.05) is 18.2 Å². The molecule has 1 atom stereocenters. The minimum absolute atomic E-state index is 0.343. The third-order valence-corrected chi connectivity index (χ3v) is 3.60. The van der Waals surface area contributed by atoms with Gasteiger partial charge in [-0.15, -0.1) is 0 Å². The smallest absolute Gasteiger partial charge is 0.0581 e. The topological polar surface area (TPSA) is 20.2 Å². The summed E-state index contributed by atoms with van der Waals surface area (Å²) in [6.07, 6.45) is 5.73. The van der Waals surface area contributed by atoms with Crippen molar-refractivity contribution in [2.24, 2.45) is 0 Å². The van der Waals surface area contributed by atoms with Crippen LogP contribution in [0.3, 0.4) is 0 Å². The zero-order valence-electron chi connectivity index (χ0n) is 10.3. The van der Waals surface area contributed by atoms with Crippen molar-refractivity contribution in [3.8, 4) is 0 Å². The van der Waals surface area contributed by atoms with Gasteiger partial charge in [0.25, 0.3) is 0 Å². The Morgan fingerprint density at radius 1 is 1.12 bits per heavy atom. The maximum absolute atomic E-state index is 9.93. The Morgan fingerprint density at radius 2 is 1.76 bits per heavy atom. The number of benzene rings is 1. The van der Waals surface area contributed by atoms with Gasteiger partial charge in [0.05, 0.1) is 6.10 Å². The molecule has 1 nitrogen and oxygen atoms in total. The standard InChI is InChI=1S/C14H20Cl2O/c1-2-3-4-5-7-11(17)10-12-13(15)8-6-9-14(12)16/h6,8-9,11,17H,2-5,7,10H2,1H3. The number of aliphatic hydroxyl groups excluding tert-OH is 1. The van der Waals surface area contributed by atoms with E-state index in [1.54, 1.807) is 0 Å². The molecule has 0 saturated heterocycles. The lowest BCUT2D eigenvalue weighted by Crippen LogP contribution is -2.11. The lowest BCUT2D eigenvalue weighted by Gasteiger charge is -2.12. The fourth-order valence-corrected chi connectivity index (χ4v) is 2.42. The van der Waals surface area contributed by atoms with Crippen molar-refractivity contribution in [3.05, 3.63) is 33.8 Å². The van der Waals surface area contributed by atoms with Gasteiger partial charge in [0, 0.05) is 16.5 Å². The van der Waals surface area contributed by atoms with Gasteiger partial charge in [0.1, 0.15) is 0 Å². The Labute approximate surface area is 114 Å². The van der Waals surface area contributed by atoms with E-state index >= 15 is 0 Å². The summed E-state index contributed by atoms with van der Waals surface area (Å²) in [5, 5.41) is 11.2. The average Bonchev–Trinajstić information content (AvgIpc) is 2.30. The summed E-state index contributed by atoms with van der Waals surface area (Å²) >= 11 is 12.1. The molecule has 0 bridgehead atoms. The molecular formula is C14H20Cl2O. The molecule has 3 heteroatoms. The van der Waals surface area contributed by atoms with Crippen molar-refractivity contribution in [3.63, 3.8) is 0 Å². The first kappa shape index (κ1) is 14.8. The molecular weight excluding hydrogens is 255 g/mol. The van der Waals surface area contributed by atoms with Crippen molar-refractivity contribution in [2.45, 2.75) is 51.6 Å². The van der Waals surface area contributed by atoms with Crippen molar-refractivity contribution in [2.75, 3.05) is 0 Å². The van der Waals surface area contributed by atoms with E-state index in [2.05, 4.69) is 6.92 Å². The number of unbranched alkanes of at least 4 members (excludes halogenated alkanes) is 3. The molecule has 0 aliphatic carbocycles. The summed E-state index contributed by atoms with van der Waals surface area (Å²) in [7, 11) is 0. The summed E-state index contributed by atoms with van der Waals surface area (Å²) in [6, 6.07) is 5.45. The molecule has 0 radical (unpaired) electrons. The molecule has 0 aromatic heterocycles. The molecule has 0 heterocycles. The number of rotatable bonds is 7. The summed E-state index contributed by atoms with van der Waals surface area (Å²) in [6.45, 7) is 2.18. The largest absolute Gasteiger partial charge is 0.393 e. The van der Waals surface area contributed by atoms with Crippen molar-refractivity contribution in [1.82, 2.24) is 0 Å². The van der Waals surface area contributed by atoms with Crippen LogP contribution >= 0.6 is 23.2 Å². The Kier molecular flexibility index (Phi) is 6.94. The second-order valence-electron chi connectivity index (χ2n) is 4.41. The highest BCUT2D eigenvalue weighted by Crippen LogP contribution is 2.26. The van der Waals surface area contributed by atoms with Crippen molar-refractivity contribution in [1.29, 1.82) is 0 Å². The number of aliphatic hydroxyl groups is 1. The van der Waals surface area contributed by atoms with Crippen LogP contribution in [0.25, 0.3) is 0 Å². The lowest BCUT2D eigenvalue weighted by molar-refractivity contribution is 0.161. The van der Waals surface area contributed by atoms with Gasteiger partial charge in [-0.2, -0.15) is 0 Å². The third-order valence-electron chi connectivity index (χ3n) is 2.89. The summed E-state index contributed by atoms with van der Waals surface area (Å²) < 4.78 is 0. The molecule has 17 heavy (non-hydrogen) atoms. The Hall–Kier alpha value is -0.240. The highest BCUT2D eigenvalue weighted by Gasteiger charge is 2.11. The van der Waals surface area contributed by atoms with Crippen LogP contribution in [0, 0.1) is 0 Å². The van der Waals surface area contributed by atoms with Crippen LogP contribution < -0.4 is 0 Å². The van der Waals surface area contributed by atoms with E-state index in [0.29, 0.717) is 16.5 Å². The van der Waals surface area contributed by atoms with Crippen LogP contribution in [0.5, 0.6) is 0 Å². The van der Waals surface area contributed by atoms with E-state index in [1.165, 1.54) is 19.3 Å². The van der Waals surface area contributed by atoms with Gasteiger partial charge in [-0.1, -0.05) is 61.9 Å². The predicted octanol–water partition coefficient (Wildman–Crippen LogP) is 4.87. The molecule has 0 fully saturated rings. The highest BCUT2D eigenvalue weighted by molar-refractivity contribution is 6.35. The molecule has 1 aromatic rings. The fourth-order valence-electron chi connectivity index (χ4n) is 1.87. The third kappa shape index (κ3) is 5.29. The van der Waals surface area contributed by atoms with Crippen LogP contribution in [0.15, 0.2) is 18.2 Å². The second-order valence-corrected chi connectivity index (χ2v) is 5.22. The van der Waals surface area contributed by atoms with Gasteiger partial charge >= 0.3 is 0 Å². The summed E-state index contributed by atoms with van der Waals surface area (Å²) in [5.41, 5.74) is 0.860. The van der Waals surface area contributed by atoms with E-state index in [0.717, 1.165) is 18.4 Å². The van der Waals surface area contributed by atoms with Gasteiger partial charge in [-0.3, -0.25) is 0 Å². The lowest BCUT2D eigenvalue weighted by atomic mass is 10.0. The van der Waals surface area contributed by atoms with Crippen LogP contribution in [0.2, 0.25) is 10.0 Å². The van der Waals surface area contributed by atoms with Crippen LogP contribution in [0.4, 0.5) is 0 Å². The van der Waals surface area contributed by atoms with Crippen molar-refractivity contribution >= 4 is 23.2 Å². The molecule has 96 valence electrons. The first-order chi connectivity index (χ1) is 8.15. The SMILES string of the molecule is CCCCCCC(O)Cc1c(Cl)cccc1Cl. The molecule has 0 aliphatic heterocycles. The van der Waals surface area contributed by atoms with Gasteiger partial charge in [-0.05, 0) is 24.1 Å². The van der Waals surface area contributed by atoms with Gasteiger partial charge < -0.3 is 5.11 Å². The Bertz CT molecular complexity index is 319. The number of hydrogen-bond donors (Lipinski definition) is 1. The first-order valence-electron chi connectivity index (χ1n) is 6.26. The van der Waals surface area contributed by atoms with E-state index in [9.17, 15) is 5.11 Å². The Balaban J connectivity index is 2.42. The first-order valence-corrected chi connectivity index (χ1v) is 7.01. The zero-order valence-corrected chi connectivity index (χ0v) is 11.8. The summed E-state index contributed by atoms with van der Waals surface area (Å²) in [4.78, 5) is 0. The molecule has 0 amide bonds. The molecule has 1 N–H and O–H groups in total. The maximum Gasteiger partial charge on any atom is 0.0581 e. The van der Waals surface area contributed by atoms with E-state index in [4.69, 9.17) is 23.2 Å². The maximum atomic E-state index is 9.93. The van der Waals surface area contributed by atoms with Gasteiger partial charge in [0.15, 0.2) is 0 Å². The number of hydrogen-bond acceptors (Lipinski definition) is 1. The van der Waals surface area contributed by atoms with Crippen molar-refractivity contribution < 1.29 is 5.11 Å². The normalized spacial score (nSPS) is 12.7. The van der Waals surface area contributed by atoms with Crippen LogP contribution in [-0.4, -0.2) is 11.2 Å². The predicted molar refractivity (Wildman–Crippen MR) is 74.9 cm³/mol. The zero-order chi connectivity index (χ0) is 12.7. The summed E-state index contributed by atoms with van der Waals surface area (Å²) in [5.74, 6) is 0. The minimum atomic E-state index is -0.343. The van der Waals surface area contributed by atoms with E-state index < -0.39 is 0 Å². The highest BCUT2D eigenvalue weighted by atomic mass is 35.5. The van der Waals surface area contributed by atoms with Gasteiger partial charge in [-0.25, -0.2) is 0 Å². The van der Waals surface area contributed by atoms with Crippen LogP contribution in [-0.2, 0) is 6.42 Å². The molecule has 1 rings (SSSR count). The second kappa shape index (κ2) is 7.97. The molecule has 0 saturated carbocycles.